The molecule has 1 aliphatic heterocycles. The number of benzene rings is 1. The Balaban J connectivity index is 1.70. The number of carbonyl (C=O) groups excluding carboxylic acids is 3. The summed E-state index contributed by atoms with van der Waals surface area (Å²) in [6.07, 6.45) is 4.20. The molecule has 1 aromatic carbocycles. The number of carbonyl (C=O) groups is 3. The van der Waals surface area contributed by atoms with Gasteiger partial charge in [-0.3, -0.25) is 14.1 Å². The number of hydrogen-bond donors (Lipinski definition) is 5. The summed E-state index contributed by atoms with van der Waals surface area (Å²) in [5.74, 6) is -1.34. The second-order valence-electron chi connectivity index (χ2n) is 11.2. The van der Waals surface area contributed by atoms with Crippen LogP contribution in [0, 0.1) is 17.8 Å². The summed E-state index contributed by atoms with van der Waals surface area (Å²) in [7, 11) is -3.20. The highest BCUT2D eigenvalue weighted by atomic mass is 32.2. The molecule has 12 heteroatoms. The molecular formula is C27H42N4O7S. The highest BCUT2D eigenvalue weighted by molar-refractivity contribution is 7.86. The van der Waals surface area contributed by atoms with E-state index in [4.69, 9.17) is 0 Å². The standard InChI is InChI=1S/C27H42N4O7S/c1-17(2)14-21(25(33)29-22(26(34)39(36,37)38)16-20-12-13-28-24(20)32)30-27(35)31(3)23-11-7-10-19(23)15-18-8-5-4-6-9-18/h4-6,8-9,17,19-23,26,34H,7,10-16H2,1-3H3,(H,28,32)(H,29,33)(H,30,35)(H,36,37,38)/t19?,20-,21-,22-,23?,26?/m0/s1. The molecule has 4 amide bonds. The van der Waals surface area contributed by atoms with Crippen LogP contribution in [-0.2, 0) is 26.1 Å². The normalized spacial score (nSPS) is 23.6. The fourth-order valence-electron chi connectivity index (χ4n) is 5.70. The van der Waals surface area contributed by atoms with Crippen molar-refractivity contribution in [1.29, 1.82) is 0 Å². The van der Waals surface area contributed by atoms with Crippen LogP contribution in [0.3, 0.4) is 0 Å². The zero-order valence-electron chi connectivity index (χ0n) is 22.9. The Hall–Kier alpha value is -2.70. The molecule has 1 saturated heterocycles. The number of rotatable bonds is 12. The van der Waals surface area contributed by atoms with E-state index in [2.05, 4.69) is 28.1 Å². The second kappa shape index (κ2) is 13.6. The average molecular weight is 567 g/mol. The van der Waals surface area contributed by atoms with Gasteiger partial charge < -0.3 is 26.0 Å². The van der Waals surface area contributed by atoms with E-state index in [0.29, 0.717) is 13.0 Å². The molecule has 39 heavy (non-hydrogen) atoms. The Labute approximate surface area is 230 Å². The molecule has 0 aromatic heterocycles. The maximum Gasteiger partial charge on any atom is 0.318 e. The van der Waals surface area contributed by atoms with Gasteiger partial charge >= 0.3 is 6.03 Å². The van der Waals surface area contributed by atoms with E-state index in [9.17, 15) is 32.5 Å². The van der Waals surface area contributed by atoms with E-state index in [1.54, 1.807) is 11.9 Å². The third-order valence-corrected chi connectivity index (χ3v) is 8.72. The van der Waals surface area contributed by atoms with Gasteiger partial charge in [0.05, 0.1) is 6.04 Å². The Bertz CT molecular complexity index is 1100. The smallest absolute Gasteiger partial charge is 0.318 e. The lowest BCUT2D eigenvalue weighted by molar-refractivity contribution is -0.126. The number of aliphatic hydroxyl groups is 1. The van der Waals surface area contributed by atoms with Crippen molar-refractivity contribution >= 4 is 28.0 Å². The van der Waals surface area contributed by atoms with E-state index in [0.717, 1.165) is 25.7 Å². The molecule has 0 radical (unpaired) electrons. The summed E-state index contributed by atoms with van der Waals surface area (Å²) in [4.78, 5) is 40.4. The van der Waals surface area contributed by atoms with Crippen LogP contribution in [0.15, 0.2) is 30.3 Å². The van der Waals surface area contributed by atoms with Crippen molar-refractivity contribution in [3.63, 3.8) is 0 Å². The number of nitrogens with one attached hydrogen (secondary N) is 3. The molecule has 3 rings (SSSR count). The molecule has 218 valence electrons. The monoisotopic (exact) mass is 566 g/mol. The van der Waals surface area contributed by atoms with E-state index in [1.165, 1.54) is 5.56 Å². The highest BCUT2D eigenvalue weighted by Gasteiger charge is 2.39. The van der Waals surface area contributed by atoms with Crippen molar-refractivity contribution in [2.75, 3.05) is 13.6 Å². The third-order valence-electron chi connectivity index (χ3n) is 7.78. The summed E-state index contributed by atoms with van der Waals surface area (Å²) in [6, 6.07) is 7.25. The molecular weight excluding hydrogens is 524 g/mol. The van der Waals surface area contributed by atoms with Crippen LogP contribution in [0.2, 0.25) is 0 Å². The number of urea groups is 1. The van der Waals surface area contributed by atoms with Crippen molar-refractivity contribution in [3.8, 4) is 0 Å². The predicted molar refractivity (Wildman–Crippen MR) is 146 cm³/mol. The van der Waals surface area contributed by atoms with E-state index < -0.39 is 45.5 Å². The van der Waals surface area contributed by atoms with Crippen LogP contribution in [0.4, 0.5) is 4.79 Å². The summed E-state index contributed by atoms with van der Waals surface area (Å²) in [6.45, 7) is 4.17. The fraction of sp³-hybridized carbons (Fsp3) is 0.667. The lowest BCUT2D eigenvalue weighted by Crippen LogP contribution is -2.57. The minimum absolute atomic E-state index is 0.00273. The predicted octanol–water partition coefficient (Wildman–Crippen LogP) is 1.67. The molecule has 1 heterocycles. The fourth-order valence-corrected chi connectivity index (χ4v) is 6.29. The number of hydrogen-bond acceptors (Lipinski definition) is 6. The summed E-state index contributed by atoms with van der Waals surface area (Å²) < 4.78 is 32.9. The quantitative estimate of drug-likeness (QED) is 0.240. The number of aliphatic hydroxyl groups excluding tert-OH is 1. The summed E-state index contributed by atoms with van der Waals surface area (Å²) in [5.41, 5.74) is -1.11. The van der Waals surface area contributed by atoms with Crippen LogP contribution < -0.4 is 16.0 Å². The van der Waals surface area contributed by atoms with E-state index >= 15 is 0 Å². The molecule has 11 nitrogen and oxygen atoms in total. The molecule has 3 unspecified atom stereocenters. The SMILES string of the molecule is CC(C)C[C@H](NC(=O)N(C)C1CCCC1Cc1ccccc1)C(=O)N[C@@H](C[C@@H]1CCNC1=O)C(O)S(=O)(=O)O. The van der Waals surface area contributed by atoms with Gasteiger partial charge in [-0.15, -0.1) is 0 Å². The zero-order chi connectivity index (χ0) is 28.7. The van der Waals surface area contributed by atoms with Gasteiger partial charge in [0.2, 0.25) is 17.3 Å². The number of nitrogens with zero attached hydrogens (tertiary/aromatic N) is 1. The Morgan fingerprint density at radius 1 is 1.13 bits per heavy atom. The average Bonchev–Trinajstić information content (AvgIpc) is 3.50. The molecule has 1 saturated carbocycles. The van der Waals surface area contributed by atoms with Gasteiger partial charge in [-0.1, -0.05) is 50.6 Å². The third kappa shape index (κ3) is 8.64. The molecule has 6 atom stereocenters. The Kier molecular flexibility index (Phi) is 10.7. The first-order valence-electron chi connectivity index (χ1n) is 13.7. The van der Waals surface area contributed by atoms with Crippen LogP contribution in [-0.4, -0.2) is 78.0 Å². The van der Waals surface area contributed by atoms with Gasteiger partial charge in [0.15, 0.2) is 0 Å². The first-order valence-corrected chi connectivity index (χ1v) is 15.2. The Morgan fingerprint density at radius 2 is 1.82 bits per heavy atom. The minimum Gasteiger partial charge on any atom is -0.374 e. The summed E-state index contributed by atoms with van der Waals surface area (Å²) in [5, 5.41) is 18.2. The molecule has 0 bridgehead atoms. The number of amides is 4. The van der Waals surface area contributed by atoms with Crippen molar-refractivity contribution in [1.82, 2.24) is 20.9 Å². The maximum atomic E-state index is 13.3. The molecule has 0 spiro atoms. The summed E-state index contributed by atoms with van der Waals surface area (Å²) >= 11 is 0. The van der Waals surface area contributed by atoms with Crippen molar-refractivity contribution in [2.24, 2.45) is 17.8 Å². The van der Waals surface area contributed by atoms with Crippen molar-refractivity contribution in [3.05, 3.63) is 35.9 Å². The van der Waals surface area contributed by atoms with Gasteiger partial charge in [0.1, 0.15) is 6.04 Å². The van der Waals surface area contributed by atoms with Crippen LogP contribution in [0.1, 0.15) is 57.9 Å². The van der Waals surface area contributed by atoms with E-state index in [-0.39, 0.29) is 36.6 Å². The minimum atomic E-state index is -4.92. The topological polar surface area (TPSA) is 165 Å². The van der Waals surface area contributed by atoms with Crippen molar-refractivity contribution < 1.29 is 32.5 Å². The van der Waals surface area contributed by atoms with Crippen LogP contribution >= 0.6 is 0 Å². The van der Waals surface area contributed by atoms with Gasteiger partial charge in [-0.25, -0.2) is 4.79 Å². The molecule has 2 aliphatic rings. The highest BCUT2D eigenvalue weighted by Crippen LogP contribution is 2.32. The zero-order valence-corrected chi connectivity index (χ0v) is 23.7. The van der Waals surface area contributed by atoms with Gasteiger partial charge in [0, 0.05) is 25.6 Å². The maximum absolute atomic E-state index is 13.3. The first kappa shape index (κ1) is 30.8. The van der Waals surface area contributed by atoms with E-state index in [1.807, 2.05) is 32.0 Å². The van der Waals surface area contributed by atoms with Gasteiger partial charge in [-0.05, 0) is 55.9 Å². The van der Waals surface area contributed by atoms with Gasteiger partial charge in [-0.2, -0.15) is 8.42 Å². The van der Waals surface area contributed by atoms with Crippen LogP contribution in [0.25, 0.3) is 0 Å². The second-order valence-corrected chi connectivity index (χ2v) is 12.7. The van der Waals surface area contributed by atoms with Crippen LogP contribution in [0.5, 0.6) is 0 Å². The largest absolute Gasteiger partial charge is 0.374 e. The van der Waals surface area contributed by atoms with Gasteiger partial charge in [0.25, 0.3) is 10.1 Å². The molecule has 1 aromatic rings. The molecule has 5 N–H and O–H groups in total. The molecule has 1 aliphatic carbocycles. The lowest BCUT2D eigenvalue weighted by atomic mass is 9.94. The van der Waals surface area contributed by atoms with Crippen molar-refractivity contribution in [2.45, 2.75) is 82.4 Å². The Morgan fingerprint density at radius 3 is 2.41 bits per heavy atom. The lowest BCUT2D eigenvalue weighted by Gasteiger charge is -2.32. The molecule has 2 fully saturated rings. The first-order chi connectivity index (χ1) is 18.4.